The quantitative estimate of drug-likeness (QED) is 0.563. The Labute approximate surface area is 140 Å². The van der Waals surface area contributed by atoms with E-state index in [2.05, 4.69) is 15.6 Å². The molecule has 0 fully saturated rings. The van der Waals surface area contributed by atoms with Crippen LogP contribution >= 0.6 is 11.6 Å². The van der Waals surface area contributed by atoms with E-state index in [1.165, 1.54) is 5.56 Å². The Morgan fingerprint density at radius 1 is 1.09 bits per heavy atom. The number of para-hydroxylation sites is 1. The Morgan fingerprint density at radius 3 is 2.61 bits per heavy atom. The van der Waals surface area contributed by atoms with Crippen LogP contribution in [0.5, 0.6) is 0 Å². The molecule has 2 aromatic carbocycles. The van der Waals surface area contributed by atoms with E-state index in [0.717, 1.165) is 22.6 Å². The van der Waals surface area contributed by atoms with E-state index in [0.29, 0.717) is 5.15 Å². The van der Waals surface area contributed by atoms with E-state index in [4.69, 9.17) is 11.6 Å². The molecule has 1 heterocycles. The molecule has 5 heteroatoms. The van der Waals surface area contributed by atoms with Crippen molar-refractivity contribution in [2.45, 2.75) is 13.8 Å². The molecular weight excluding hydrogens is 308 g/mol. The van der Waals surface area contributed by atoms with Gasteiger partial charge >= 0.3 is 0 Å². The van der Waals surface area contributed by atoms with Crippen LogP contribution in [0.2, 0.25) is 5.15 Å². The SMILES string of the molecule is Cc1cccc(N/N=C\c2c(C)nn(-c3ccccc3)c2Cl)c1. The van der Waals surface area contributed by atoms with Crippen LogP contribution in [-0.4, -0.2) is 16.0 Å². The Bertz CT molecular complexity index is 837. The second-order valence-corrected chi connectivity index (χ2v) is 5.63. The number of nitrogens with zero attached hydrogens (tertiary/aromatic N) is 3. The zero-order chi connectivity index (χ0) is 16.2. The molecule has 116 valence electrons. The number of nitrogens with one attached hydrogen (secondary N) is 1. The van der Waals surface area contributed by atoms with Crippen molar-refractivity contribution in [3.05, 3.63) is 76.6 Å². The maximum atomic E-state index is 6.45. The number of aryl methyl sites for hydroxylation is 2. The molecule has 3 aromatic rings. The van der Waals surface area contributed by atoms with Crippen molar-refractivity contribution >= 4 is 23.5 Å². The van der Waals surface area contributed by atoms with Crippen molar-refractivity contribution in [1.29, 1.82) is 0 Å². The standard InChI is InChI=1S/C18H17ClN4/c1-13-7-6-8-15(11-13)21-20-12-17-14(2)22-23(18(17)19)16-9-4-3-5-10-16/h3-12,21H,1-2H3/b20-12-. The normalized spacial score (nSPS) is 11.1. The van der Waals surface area contributed by atoms with Gasteiger partial charge < -0.3 is 0 Å². The third-order valence-electron chi connectivity index (χ3n) is 3.45. The van der Waals surface area contributed by atoms with Gasteiger partial charge in [-0.2, -0.15) is 10.2 Å². The molecule has 0 atom stereocenters. The maximum absolute atomic E-state index is 6.45. The highest BCUT2D eigenvalue weighted by Gasteiger charge is 2.12. The summed E-state index contributed by atoms with van der Waals surface area (Å²) >= 11 is 6.45. The molecule has 0 aliphatic rings. The number of aromatic nitrogens is 2. The highest BCUT2D eigenvalue weighted by molar-refractivity contribution is 6.32. The zero-order valence-corrected chi connectivity index (χ0v) is 13.7. The third kappa shape index (κ3) is 3.43. The van der Waals surface area contributed by atoms with Crippen molar-refractivity contribution in [1.82, 2.24) is 9.78 Å². The zero-order valence-electron chi connectivity index (χ0n) is 13.0. The fraction of sp³-hybridized carbons (Fsp3) is 0.111. The van der Waals surface area contributed by atoms with Crippen molar-refractivity contribution in [2.75, 3.05) is 5.43 Å². The van der Waals surface area contributed by atoms with E-state index < -0.39 is 0 Å². The molecule has 0 bridgehead atoms. The van der Waals surface area contributed by atoms with Gasteiger partial charge in [0.15, 0.2) is 0 Å². The Hall–Kier alpha value is -2.59. The van der Waals surface area contributed by atoms with Gasteiger partial charge in [0, 0.05) is 0 Å². The molecule has 0 spiro atoms. The molecule has 1 aromatic heterocycles. The number of anilines is 1. The van der Waals surface area contributed by atoms with Crippen LogP contribution in [0.25, 0.3) is 5.69 Å². The summed E-state index contributed by atoms with van der Waals surface area (Å²) in [5, 5.41) is 9.30. The van der Waals surface area contributed by atoms with Gasteiger partial charge in [-0.1, -0.05) is 41.9 Å². The predicted octanol–water partition coefficient (Wildman–Crippen LogP) is 4.59. The average molecular weight is 325 g/mol. The number of hydrogen-bond acceptors (Lipinski definition) is 3. The summed E-state index contributed by atoms with van der Waals surface area (Å²) in [7, 11) is 0. The molecule has 0 unspecified atom stereocenters. The summed E-state index contributed by atoms with van der Waals surface area (Å²) in [6.45, 7) is 3.96. The number of benzene rings is 2. The summed E-state index contributed by atoms with van der Waals surface area (Å²) in [6.07, 6.45) is 1.70. The van der Waals surface area contributed by atoms with Crippen LogP contribution < -0.4 is 5.43 Å². The monoisotopic (exact) mass is 324 g/mol. The molecule has 0 radical (unpaired) electrons. The van der Waals surface area contributed by atoms with Gasteiger partial charge in [-0.25, -0.2) is 4.68 Å². The summed E-state index contributed by atoms with van der Waals surface area (Å²) in [5.74, 6) is 0. The van der Waals surface area contributed by atoms with E-state index >= 15 is 0 Å². The molecule has 1 N–H and O–H groups in total. The lowest BCUT2D eigenvalue weighted by atomic mass is 10.2. The summed E-state index contributed by atoms with van der Waals surface area (Å²) in [6, 6.07) is 17.8. The highest BCUT2D eigenvalue weighted by Crippen LogP contribution is 2.22. The summed E-state index contributed by atoms with van der Waals surface area (Å²) < 4.78 is 1.71. The van der Waals surface area contributed by atoms with Crippen LogP contribution in [0.4, 0.5) is 5.69 Å². The first kappa shape index (κ1) is 15.3. The number of hydrogen-bond donors (Lipinski definition) is 1. The second-order valence-electron chi connectivity index (χ2n) is 5.28. The van der Waals surface area contributed by atoms with E-state index in [9.17, 15) is 0 Å². The molecule has 23 heavy (non-hydrogen) atoms. The van der Waals surface area contributed by atoms with E-state index in [-0.39, 0.29) is 0 Å². The van der Waals surface area contributed by atoms with Crippen molar-refractivity contribution in [2.24, 2.45) is 5.10 Å². The lowest BCUT2D eigenvalue weighted by Crippen LogP contribution is -1.96. The van der Waals surface area contributed by atoms with Crippen LogP contribution in [0.1, 0.15) is 16.8 Å². The molecule has 0 aliphatic carbocycles. The minimum absolute atomic E-state index is 0.545. The van der Waals surface area contributed by atoms with Crippen molar-refractivity contribution in [3.63, 3.8) is 0 Å². The minimum Gasteiger partial charge on any atom is -0.278 e. The molecule has 4 nitrogen and oxygen atoms in total. The molecule has 0 saturated carbocycles. The van der Waals surface area contributed by atoms with Crippen LogP contribution in [0, 0.1) is 13.8 Å². The van der Waals surface area contributed by atoms with Gasteiger partial charge in [0.25, 0.3) is 0 Å². The number of halogens is 1. The number of rotatable bonds is 4. The van der Waals surface area contributed by atoms with Gasteiger partial charge in [0.2, 0.25) is 0 Å². The number of hydrazone groups is 1. The largest absolute Gasteiger partial charge is 0.278 e. The maximum Gasteiger partial charge on any atom is 0.142 e. The van der Waals surface area contributed by atoms with Crippen LogP contribution in [0.15, 0.2) is 59.7 Å². The van der Waals surface area contributed by atoms with Gasteiger partial charge in [0.1, 0.15) is 5.15 Å². The Kier molecular flexibility index (Phi) is 4.44. The van der Waals surface area contributed by atoms with Crippen molar-refractivity contribution in [3.8, 4) is 5.69 Å². The molecule has 3 rings (SSSR count). The van der Waals surface area contributed by atoms with Gasteiger partial charge in [-0.15, -0.1) is 0 Å². The second kappa shape index (κ2) is 6.67. The van der Waals surface area contributed by atoms with E-state index in [1.54, 1.807) is 10.9 Å². The van der Waals surface area contributed by atoms with Gasteiger partial charge in [0.05, 0.1) is 28.8 Å². The fourth-order valence-electron chi connectivity index (χ4n) is 2.28. The predicted molar refractivity (Wildman–Crippen MR) is 95.7 cm³/mol. The first-order chi connectivity index (χ1) is 11.1. The summed E-state index contributed by atoms with van der Waals surface area (Å²) in [4.78, 5) is 0. The molecule has 0 aliphatic heterocycles. The molecule has 0 amide bonds. The Balaban J connectivity index is 1.83. The van der Waals surface area contributed by atoms with Crippen LogP contribution in [-0.2, 0) is 0 Å². The molecule has 0 saturated heterocycles. The van der Waals surface area contributed by atoms with E-state index in [1.807, 2.05) is 68.4 Å². The first-order valence-electron chi connectivity index (χ1n) is 7.31. The summed E-state index contributed by atoms with van der Waals surface area (Å²) in [5.41, 5.74) is 7.68. The van der Waals surface area contributed by atoms with Crippen LogP contribution in [0.3, 0.4) is 0 Å². The van der Waals surface area contributed by atoms with Gasteiger partial charge in [-0.05, 0) is 43.7 Å². The third-order valence-corrected chi connectivity index (χ3v) is 3.82. The lowest BCUT2D eigenvalue weighted by Gasteiger charge is -2.02. The highest BCUT2D eigenvalue weighted by atomic mass is 35.5. The smallest absolute Gasteiger partial charge is 0.142 e. The topological polar surface area (TPSA) is 42.2 Å². The minimum atomic E-state index is 0.545. The fourth-order valence-corrected chi connectivity index (χ4v) is 2.60. The molecular formula is C18H17ClN4. The first-order valence-corrected chi connectivity index (χ1v) is 7.69. The van der Waals surface area contributed by atoms with Gasteiger partial charge in [-0.3, -0.25) is 5.43 Å². The van der Waals surface area contributed by atoms with Crippen molar-refractivity contribution < 1.29 is 0 Å². The average Bonchev–Trinajstić information content (AvgIpc) is 2.84. The lowest BCUT2D eigenvalue weighted by molar-refractivity contribution is 0.863. The Morgan fingerprint density at radius 2 is 1.87 bits per heavy atom.